The maximum Gasteiger partial charge on any atom is 0.260 e. The number of hydrogen-bond acceptors (Lipinski definition) is 4. The van der Waals surface area contributed by atoms with Crippen LogP contribution in [0.15, 0.2) is 83.8 Å². The second-order valence-corrected chi connectivity index (χ2v) is 7.90. The molecular weight excluding hydrogens is 372 g/mol. The van der Waals surface area contributed by atoms with Gasteiger partial charge in [0.15, 0.2) is 5.13 Å². The molecule has 4 rings (SSSR count). The smallest absolute Gasteiger partial charge is 0.260 e. The minimum atomic E-state index is -0.0378. The summed E-state index contributed by atoms with van der Waals surface area (Å²) in [6.45, 7) is 0.489. The molecule has 0 fully saturated rings. The SMILES string of the molecule is CSc1cccc2sc(N(Cc3ccccc3)C(=O)c3ccccc3)nc12. The summed E-state index contributed by atoms with van der Waals surface area (Å²) >= 11 is 3.23. The summed E-state index contributed by atoms with van der Waals surface area (Å²) in [6.07, 6.45) is 2.05. The number of thioether (sulfide) groups is 1. The van der Waals surface area contributed by atoms with Crippen LogP contribution >= 0.6 is 23.1 Å². The Morgan fingerprint density at radius 1 is 0.963 bits per heavy atom. The number of carbonyl (C=O) groups is 1. The van der Waals surface area contributed by atoms with Crippen molar-refractivity contribution in [3.8, 4) is 0 Å². The fourth-order valence-electron chi connectivity index (χ4n) is 2.92. The van der Waals surface area contributed by atoms with Crippen molar-refractivity contribution in [3.05, 3.63) is 90.0 Å². The number of amides is 1. The van der Waals surface area contributed by atoms with Crippen LogP contribution in [0.25, 0.3) is 10.2 Å². The number of hydrogen-bond donors (Lipinski definition) is 0. The predicted molar refractivity (Wildman–Crippen MR) is 115 cm³/mol. The van der Waals surface area contributed by atoms with Crippen LogP contribution in [-0.2, 0) is 6.54 Å². The zero-order valence-electron chi connectivity index (χ0n) is 14.8. The Morgan fingerprint density at radius 3 is 2.37 bits per heavy atom. The van der Waals surface area contributed by atoms with E-state index in [2.05, 4.69) is 12.1 Å². The lowest BCUT2D eigenvalue weighted by molar-refractivity contribution is 0.0985. The van der Waals surface area contributed by atoms with Crippen molar-refractivity contribution in [3.63, 3.8) is 0 Å². The maximum absolute atomic E-state index is 13.3. The van der Waals surface area contributed by atoms with Crippen LogP contribution in [0.2, 0.25) is 0 Å². The molecule has 27 heavy (non-hydrogen) atoms. The van der Waals surface area contributed by atoms with Gasteiger partial charge < -0.3 is 0 Å². The van der Waals surface area contributed by atoms with Crippen molar-refractivity contribution in [1.29, 1.82) is 0 Å². The number of aromatic nitrogens is 1. The normalized spacial score (nSPS) is 10.9. The summed E-state index contributed by atoms with van der Waals surface area (Å²) in [4.78, 5) is 21.0. The molecule has 3 nitrogen and oxygen atoms in total. The van der Waals surface area contributed by atoms with E-state index in [0.717, 1.165) is 25.8 Å². The largest absolute Gasteiger partial charge is 0.279 e. The molecule has 5 heteroatoms. The molecule has 0 radical (unpaired) electrons. The van der Waals surface area contributed by atoms with Gasteiger partial charge in [-0.2, -0.15) is 0 Å². The zero-order valence-corrected chi connectivity index (χ0v) is 16.5. The molecule has 1 aromatic heterocycles. The van der Waals surface area contributed by atoms with E-state index >= 15 is 0 Å². The highest BCUT2D eigenvalue weighted by Crippen LogP contribution is 2.35. The first-order valence-electron chi connectivity index (χ1n) is 8.60. The van der Waals surface area contributed by atoms with E-state index < -0.39 is 0 Å². The lowest BCUT2D eigenvalue weighted by Gasteiger charge is -2.20. The molecule has 4 aromatic rings. The third kappa shape index (κ3) is 3.75. The van der Waals surface area contributed by atoms with Crippen molar-refractivity contribution >= 4 is 44.4 Å². The Bertz CT molecular complexity index is 1060. The highest BCUT2D eigenvalue weighted by Gasteiger charge is 2.22. The first kappa shape index (κ1) is 17.8. The molecule has 1 amide bonds. The molecule has 0 N–H and O–H groups in total. The Balaban J connectivity index is 1.79. The van der Waals surface area contributed by atoms with Gasteiger partial charge >= 0.3 is 0 Å². The second kappa shape index (κ2) is 7.94. The van der Waals surface area contributed by atoms with Gasteiger partial charge in [-0.05, 0) is 36.1 Å². The summed E-state index contributed by atoms with van der Waals surface area (Å²) in [5.41, 5.74) is 2.70. The van der Waals surface area contributed by atoms with Crippen LogP contribution in [0.4, 0.5) is 5.13 Å². The minimum absolute atomic E-state index is 0.0378. The monoisotopic (exact) mass is 390 g/mol. The lowest BCUT2D eigenvalue weighted by Crippen LogP contribution is -2.30. The number of carbonyl (C=O) groups excluding carboxylic acids is 1. The Morgan fingerprint density at radius 2 is 1.67 bits per heavy atom. The van der Waals surface area contributed by atoms with Gasteiger partial charge in [-0.3, -0.25) is 9.69 Å². The van der Waals surface area contributed by atoms with E-state index in [4.69, 9.17) is 4.98 Å². The molecule has 3 aromatic carbocycles. The van der Waals surface area contributed by atoms with E-state index in [1.54, 1.807) is 28.0 Å². The fraction of sp³-hybridized carbons (Fsp3) is 0.0909. The average Bonchev–Trinajstić information content (AvgIpc) is 3.17. The third-order valence-corrected chi connectivity index (χ3v) is 6.08. The number of benzene rings is 3. The Hall–Kier alpha value is -2.63. The van der Waals surface area contributed by atoms with E-state index in [-0.39, 0.29) is 5.91 Å². The molecule has 1 heterocycles. The standard InChI is InChI=1S/C22H18N2OS2/c1-26-18-13-8-14-19-20(18)23-22(27-19)24(15-16-9-4-2-5-10-16)21(25)17-11-6-3-7-12-17/h2-14H,15H2,1H3. The van der Waals surface area contributed by atoms with Crippen LogP contribution in [0.5, 0.6) is 0 Å². The van der Waals surface area contributed by atoms with Gasteiger partial charge in [0, 0.05) is 10.5 Å². The second-order valence-electron chi connectivity index (χ2n) is 6.05. The highest BCUT2D eigenvalue weighted by molar-refractivity contribution is 7.98. The van der Waals surface area contributed by atoms with Crippen LogP contribution in [0.1, 0.15) is 15.9 Å². The van der Waals surface area contributed by atoms with Gasteiger partial charge in [0.25, 0.3) is 5.91 Å². The van der Waals surface area contributed by atoms with Crippen LogP contribution in [0.3, 0.4) is 0 Å². The van der Waals surface area contributed by atoms with Crippen molar-refractivity contribution in [2.75, 3.05) is 11.2 Å². The molecule has 0 unspecified atom stereocenters. The number of fused-ring (bicyclic) bond motifs is 1. The maximum atomic E-state index is 13.3. The lowest BCUT2D eigenvalue weighted by atomic mass is 10.1. The molecule has 0 spiro atoms. The van der Waals surface area contributed by atoms with Crippen LogP contribution < -0.4 is 4.90 Å². The number of para-hydroxylation sites is 1. The first-order valence-corrected chi connectivity index (χ1v) is 10.6. The third-order valence-electron chi connectivity index (χ3n) is 4.27. The van der Waals surface area contributed by atoms with Gasteiger partial charge in [-0.1, -0.05) is 65.9 Å². The number of thiazole rings is 1. The van der Waals surface area contributed by atoms with Crippen molar-refractivity contribution in [1.82, 2.24) is 4.98 Å². The van der Waals surface area contributed by atoms with Crippen molar-refractivity contribution in [2.45, 2.75) is 11.4 Å². The van der Waals surface area contributed by atoms with E-state index in [9.17, 15) is 4.79 Å². The molecule has 0 saturated carbocycles. The minimum Gasteiger partial charge on any atom is -0.279 e. The topological polar surface area (TPSA) is 33.2 Å². The van der Waals surface area contributed by atoms with Gasteiger partial charge in [-0.15, -0.1) is 11.8 Å². The summed E-state index contributed by atoms with van der Waals surface area (Å²) in [5.74, 6) is -0.0378. The quantitative estimate of drug-likeness (QED) is 0.400. The first-order chi connectivity index (χ1) is 13.3. The zero-order chi connectivity index (χ0) is 18.6. The van der Waals surface area contributed by atoms with Gasteiger partial charge in [0.05, 0.1) is 16.8 Å². The molecular formula is C22H18N2OS2. The fourth-order valence-corrected chi connectivity index (χ4v) is 4.54. The highest BCUT2D eigenvalue weighted by atomic mass is 32.2. The van der Waals surface area contributed by atoms with E-state index in [0.29, 0.717) is 12.1 Å². The van der Waals surface area contributed by atoms with Crippen LogP contribution in [0, 0.1) is 0 Å². The summed E-state index contributed by atoms with van der Waals surface area (Å²) < 4.78 is 1.09. The molecule has 0 aliphatic heterocycles. The Labute approximate surface area is 166 Å². The number of rotatable bonds is 5. The van der Waals surface area contributed by atoms with E-state index in [1.807, 2.05) is 73.0 Å². The van der Waals surface area contributed by atoms with Gasteiger partial charge in [0.2, 0.25) is 0 Å². The molecule has 0 saturated heterocycles. The molecule has 0 aliphatic rings. The Kier molecular flexibility index (Phi) is 5.23. The number of nitrogens with zero attached hydrogens (tertiary/aromatic N) is 2. The average molecular weight is 391 g/mol. The molecule has 134 valence electrons. The predicted octanol–water partition coefficient (Wildman–Crippen LogP) is 5.87. The van der Waals surface area contributed by atoms with Gasteiger partial charge in [0.1, 0.15) is 0 Å². The van der Waals surface area contributed by atoms with E-state index in [1.165, 1.54) is 0 Å². The number of anilines is 1. The van der Waals surface area contributed by atoms with Crippen LogP contribution in [-0.4, -0.2) is 17.1 Å². The van der Waals surface area contributed by atoms with Crippen molar-refractivity contribution < 1.29 is 4.79 Å². The summed E-state index contributed by atoms with van der Waals surface area (Å²) in [5, 5.41) is 0.726. The molecule has 0 bridgehead atoms. The summed E-state index contributed by atoms with van der Waals surface area (Å²) in [7, 11) is 0. The summed E-state index contributed by atoms with van der Waals surface area (Å²) in [6, 6.07) is 25.6. The van der Waals surface area contributed by atoms with Crippen molar-refractivity contribution in [2.24, 2.45) is 0 Å². The molecule has 0 aliphatic carbocycles. The molecule has 0 atom stereocenters. The van der Waals surface area contributed by atoms with Gasteiger partial charge in [-0.25, -0.2) is 4.98 Å².